The largest absolute Gasteiger partial charge is 0.872 e. The number of fused-ring (bicyclic) bond motifs is 2. The van der Waals surface area contributed by atoms with Crippen LogP contribution in [0.25, 0.3) is 17.0 Å². The molecule has 2 heterocycles. The summed E-state index contributed by atoms with van der Waals surface area (Å²) < 4.78 is 8.00. The van der Waals surface area contributed by atoms with Crippen LogP contribution in [-0.2, 0) is 13.6 Å². The van der Waals surface area contributed by atoms with Crippen molar-refractivity contribution >= 4 is 22.8 Å². The maximum atomic E-state index is 12.9. The van der Waals surface area contributed by atoms with Crippen LogP contribution in [0.2, 0.25) is 0 Å². The molecule has 0 bridgehead atoms. The van der Waals surface area contributed by atoms with Gasteiger partial charge in [0.15, 0.2) is 5.76 Å². The lowest BCUT2D eigenvalue weighted by molar-refractivity contribution is -0.910. The lowest BCUT2D eigenvalue weighted by Gasteiger charge is -2.21. The zero-order chi connectivity index (χ0) is 19.8. The fourth-order valence-corrected chi connectivity index (χ4v) is 3.84. The average molecular weight is 376 g/mol. The van der Waals surface area contributed by atoms with Crippen molar-refractivity contribution in [2.24, 2.45) is 7.05 Å². The number of Topliss-reactive ketones (excluding diaryl/α,β-unsaturated/α-hetero) is 1. The smallest absolute Gasteiger partial charge is 0.231 e. The minimum absolute atomic E-state index is 0.0719. The van der Waals surface area contributed by atoms with E-state index in [1.807, 2.05) is 42.1 Å². The molecule has 1 aliphatic heterocycles. The molecule has 1 N–H and O–H groups in total. The number of benzene rings is 2. The van der Waals surface area contributed by atoms with Crippen LogP contribution in [-0.4, -0.2) is 23.4 Å². The predicted molar refractivity (Wildman–Crippen MR) is 107 cm³/mol. The van der Waals surface area contributed by atoms with Crippen LogP contribution in [0.1, 0.15) is 35.3 Å². The number of aryl methyl sites for hydroxylation is 1. The monoisotopic (exact) mass is 376 g/mol. The summed E-state index contributed by atoms with van der Waals surface area (Å²) in [6, 6.07) is 11.1. The van der Waals surface area contributed by atoms with E-state index in [9.17, 15) is 9.90 Å². The summed E-state index contributed by atoms with van der Waals surface area (Å²) in [5, 5.41) is 13.5. The highest BCUT2D eigenvalue weighted by Gasteiger charge is 2.31. The van der Waals surface area contributed by atoms with Crippen molar-refractivity contribution < 1.29 is 19.5 Å². The number of rotatable bonds is 5. The van der Waals surface area contributed by atoms with Gasteiger partial charge in [-0.15, -0.1) is 0 Å². The summed E-state index contributed by atoms with van der Waals surface area (Å²) in [5.74, 6) is 0.465. The molecule has 5 heteroatoms. The predicted octanol–water partition coefficient (Wildman–Crippen LogP) is 2.29. The highest BCUT2D eigenvalue weighted by atomic mass is 16.5. The molecular formula is C23H24N2O3. The molecule has 1 aliphatic rings. The number of ether oxygens (including phenoxy) is 1. The maximum absolute atomic E-state index is 12.9. The Kier molecular flexibility index (Phi) is 4.69. The maximum Gasteiger partial charge on any atom is 0.231 e. The first kappa shape index (κ1) is 18.3. The first-order valence-corrected chi connectivity index (χ1v) is 9.68. The molecule has 2 aromatic carbocycles. The highest BCUT2D eigenvalue weighted by Crippen LogP contribution is 2.38. The van der Waals surface area contributed by atoms with Crippen molar-refractivity contribution in [1.82, 2.24) is 4.57 Å². The number of nitrogens with one attached hydrogen (secondary N) is 1. The molecule has 0 fully saturated rings. The molecule has 0 saturated heterocycles. The highest BCUT2D eigenvalue weighted by molar-refractivity contribution is 6.15. The van der Waals surface area contributed by atoms with Gasteiger partial charge in [-0.3, -0.25) is 4.79 Å². The number of ketones is 1. The number of carbonyl (C=O) groups is 1. The van der Waals surface area contributed by atoms with Crippen molar-refractivity contribution in [1.29, 1.82) is 0 Å². The Morgan fingerprint density at radius 3 is 2.64 bits per heavy atom. The van der Waals surface area contributed by atoms with E-state index in [1.54, 1.807) is 12.1 Å². The zero-order valence-electron chi connectivity index (χ0n) is 16.4. The van der Waals surface area contributed by atoms with Gasteiger partial charge in [-0.2, -0.15) is 0 Å². The number of hydrogen-bond acceptors (Lipinski definition) is 3. The van der Waals surface area contributed by atoms with Crippen molar-refractivity contribution in [2.45, 2.75) is 20.4 Å². The van der Waals surface area contributed by atoms with Gasteiger partial charge in [-0.05, 0) is 32.1 Å². The van der Waals surface area contributed by atoms with Crippen molar-refractivity contribution in [3.63, 3.8) is 0 Å². The molecule has 0 atom stereocenters. The molecular weight excluding hydrogens is 352 g/mol. The van der Waals surface area contributed by atoms with Gasteiger partial charge in [0.05, 0.1) is 18.7 Å². The van der Waals surface area contributed by atoms with E-state index in [0.29, 0.717) is 23.4 Å². The Bertz CT molecular complexity index is 1090. The second kappa shape index (κ2) is 7.17. The summed E-state index contributed by atoms with van der Waals surface area (Å²) in [6.45, 7) is 6.55. The zero-order valence-corrected chi connectivity index (χ0v) is 16.4. The third-order valence-corrected chi connectivity index (χ3v) is 5.54. The first-order valence-electron chi connectivity index (χ1n) is 9.68. The molecule has 0 amide bonds. The number of hydrogen-bond donors (Lipinski definition) is 1. The Morgan fingerprint density at radius 2 is 1.89 bits per heavy atom. The molecule has 0 saturated carbocycles. The number of para-hydroxylation sites is 1. The fraction of sp³-hybridized carbons (Fsp3) is 0.261. The quantitative estimate of drug-likeness (QED) is 0.695. The van der Waals surface area contributed by atoms with E-state index in [1.165, 1.54) is 11.0 Å². The molecule has 0 radical (unpaired) electrons. The van der Waals surface area contributed by atoms with E-state index in [4.69, 9.17) is 4.74 Å². The standard InChI is InChI=1S/C23H24N2O3/c1-4-25(5-2)14-18-20(26)11-10-17-22(27)21(28-23(17)18)12-15-13-24(3)19-9-7-6-8-16(15)19/h6-13,26H,4-5,14H2,1-3H3/b21-12+. The van der Waals surface area contributed by atoms with Crippen LogP contribution >= 0.6 is 0 Å². The molecule has 0 unspecified atom stereocenters. The Morgan fingerprint density at radius 1 is 1.14 bits per heavy atom. The first-order chi connectivity index (χ1) is 13.5. The van der Waals surface area contributed by atoms with Crippen LogP contribution in [0.3, 0.4) is 0 Å². The van der Waals surface area contributed by atoms with Gasteiger partial charge < -0.3 is 19.3 Å². The normalized spacial score (nSPS) is 14.9. The molecule has 4 rings (SSSR count). The van der Waals surface area contributed by atoms with E-state index in [0.717, 1.165) is 29.6 Å². The van der Waals surface area contributed by atoms with Gasteiger partial charge in [-0.25, -0.2) is 0 Å². The number of nitrogens with zero attached hydrogens (tertiary/aromatic N) is 1. The van der Waals surface area contributed by atoms with Gasteiger partial charge >= 0.3 is 0 Å². The summed E-state index contributed by atoms with van der Waals surface area (Å²) in [6.07, 6.45) is 3.76. The van der Waals surface area contributed by atoms with Gasteiger partial charge in [-0.1, -0.05) is 30.0 Å². The molecule has 1 aromatic heterocycles. The van der Waals surface area contributed by atoms with Crippen LogP contribution in [0, 0.1) is 0 Å². The van der Waals surface area contributed by atoms with E-state index in [2.05, 4.69) is 13.8 Å². The number of carbonyl (C=O) groups excluding carboxylic acids is 1. The van der Waals surface area contributed by atoms with E-state index in [-0.39, 0.29) is 17.3 Å². The minimum atomic E-state index is -0.168. The number of aromatic nitrogens is 1. The molecule has 144 valence electrons. The van der Waals surface area contributed by atoms with Crippen molar-refractivity contribution in [3.05, 3.63) is 65.0 Å². The third kappa shape index (κ3) is 2.98. The minimum Gasteiger partial charge on any atom is -0.872 e. The molecule has 28 heavy (non-hydrogen) atoms. The number of allylic oxidation sites excluding steroid dienone is 1. The number of quaternary nitrogens is 1. The second-order valence-corrected chi connectivity index (χ2v) is 7.21. The van der Waals surface area contributed by atoms with Gasteiger partial charge in [0.25, 0.3) is 0 Å². The third-order valence-electron chi connectivity index (χ3n) is 5.54. The summed E-state index contributed by atoms with van der Waals surface area (Å²) in [4.78, 5) is 14.2. The lowest BCUT2D eigenvalue weighted by Crippen LogP contribution is -3.10. The molecule has 3 aromatic rings. The molecule has 5 nitrogen and oxygen atoms in total. The molecule has 0 spiro atoms. The van der Waals surface area contributed by atoms with Crippen LogP contribution in [0.15, 0.2) is 48.4 Å². The van der Waals surface area contributed by atoms with Crippen molar-refractivity contribution in [3.8, 4) is 11.5 Å². The Hall–Kier alpha value is -3.05. The Labute approximate surface area is 164 Å². The van der Waals surface area contributed by atoms with Crippen molar-refractivity contribution in [2.75, 3.05) is 13.1 Å². The SMILES string of the molecule is CC[NH+](CC)Cc1c([O-])ccc2c1O/C(=C/c1cn(C)c3ccccc13)C2=O. The fourth-order valence-electron chi connectivity index (χ4n) is 3.84. The average Bonchev–Trinajstić information content (AvgIpc) is 3.19. The van der Waals surface area contributed by atoms with Gasteiger partial charge in [0.2, 0.25) is 5.78 Å². The van der Waals surface area contributed by atoms with Crippen LogP contribution in [0.5, 0.6) is 11.5 Å². The second-order valence-electron chi connectivity index (χ2n) is 7.21. The van der Waals surface area contributed by atoms with Gasteiger partial charge in [0.1, 0.15) is 12.3 Å². The van der Waals surface area contributed by atoms with E-state index < -0.39 is 0 Å². The lowest BCUT2D eigenvalue weighted by atomic mass is 10.0. The van der Waals surface area contributed by atoms with Gasteiger partial charge in [0, 0.05) is 35.3 Å². The summed E-state index contributed by atoms with van der Waals surface area (Å²) in [7, 11) is 1.98. The summed E-state index contributed by atoms with van der Waals surface area (Å²) >= 11 is 0. The Balaban J connectivity index is 1.75. The summed E-state index contributed by atoms with van der Waals surface area (Å²) in [5.41, 5.74) is 3.08. The van der Waals surface area contributed by atoms with Crippen LogP contribution in [0.4, 0.5) is 0 Å². The van der Waals surface area contributed by atoms with E-state index >= 15 is 0 Å². The molecule has 0 aliphatic carbocycles. The topological polar surface area (TPSA) is 58.7 Å². The van der Waals surface area contributed by atoms with Crippen LogP contribution < -0.4 is 14.7 Å².